The Labute approximate surface area is 140 Å². The molecule has 124 valence electrons. The summed E-state index contributed by atoms with van der Waals surface area (Å²) in [5.41, 5.74) is 2.41. The van der Waals surface area contributed by atoms with Gasteiger partial charge in [-0.25, -0.2) is 0 Å². The number of nitrogens with one attached hydrogen (secondary N) is 1. The SMILES string of the molecule is CC(C)c1ccc(/C=C/C(=O)N[C@H](C)[C@H]2C[C@@H]3CC[C@@H]2C3)cc1. The molecule has 1 N–H and O–H groups in total. The molecule has 2 bridgehead atoms. The van der Waals surface area contributed by atoms with Crippen molar-refractivity contribution in [2.75, 3.05) is 0 Å². The first kappa shape index (κ1) is 16.3. The van der Waals surface area contributed by atoms with E-state index in [4.69, 9.17) is 0 Å². The lowest BCUT2D eigenvalue weighted by Crippen LogP contribution is -2.39. The van der Waals surface area contributed by atoms with Gasteiger partial charge in [0.25, 0.3) is 0 Å². The number of carbonyl (C=O) groups is 1. The molecule has 23 heavy (non-hydrogen) atoms. The van der Waals surface area contributed by atoms with Crippen molar-refractivity contribution in [1.29, 1.82) is 0 Å². The molecule has 3 rings (SSSR count). The lowest BCUT2D eigenvalue weighted by atomic mass is 9.84. The average molecular weight is 311 g/mol. The van der Waals surface area contributed by atoms with Crippen LogP contribution in [0.5, 0.6) is 0 Å². The Morgan fingerprint density at radius 2 is 1.87 bits per heavy atom. The van der Waals surface area contributed by atoms with Gasteiger partial charge in [-0.05, 0) is 67.1 Å². The first-order valence-electron chi connectivity index (χ1n) is 9.11. The molecule has 2 aliphatic rings. The van der Waals surface area contributed by atoms with Gasteiger partial charge in [-0.2, -0.15) is 0 Å². The van der Waals surface area contributed by atoms with Crippen LogP contribution >= 0.6 is 0 Å². The topological polar surface area (TPSA) is 29.1 Å². The minimum Gasteiger partial charge on any atom is -0.350 e. The van der Waals surface area contributed by atoms with Crippen LogP contribution in [0.25, 0.3) is 6.08 Å². The Hall–Kier alpha value is -1.57. The summed E-state index contributed by atoms with van der Waals surface area (Å²) in [7, 11) is 0. The molecule has 1 aromatic carbocycles. The zero-order valence-electron chi connectivity index (χ0n) is 14.6. The quantitative estimate of drug-likeness (QED) is 0.780. The molecule has 0 spiro atoms. The van der Waals surface area contributed by atoms with Gasteiger partial charge in [-0.1, -0.05) is 44.5 Å². The molecule has 2 aliphatic carbocycles. The van der Waals surface area contributed by atoms with Crippen LogP contribution in [0.15, 0.2) is 30.3 Å². The highest BCUT2D eigenvalue weighted by molar-refractivity contribution is 5.91. The molecule has 0 unspecified atom stereocenters. The zero-order valence-corrected chi connectivity index (χ0v) is 14.6. The molecule has 1 aromatic rings. The zero-order chi connectivity index (χ0) is 16.4. The number of rotatable bonds is 5. The van der Waals surface area contributed by atoms with Gasteiger partial charge < -0.3 is 5.32 Å². The number of hydrogen-bond donors (Lipinski definition) is 1. The summed E-state index contributed by atoms with van der Waals surface area (Å²) in [6.07, 6.45) is 9.07. The molecule has 2 fully saturated rings. The summed E-state index contributed by atoms with van der Waals surface area (Å²) in [6, 6.07) is 8.74. The lowest BCUT2D eigenvalue weighted by Gasteiger charge is -2.28. The monoisotopic (exact) mass is 311 g/mol. The maximum atomic E-state index is 12.2. The van der Waals surface area contributed by atoms with E-state index in [1.54, 1.807) is 6.08 Å². The molecule has 0 aliphatic heterocycles. The van der Waals surface area contributed by atoms with E-state index in [0.717, 1.165) is 17.4 Å². The first-order chi connectivity index (χ1) is 11.0. The van der Waals surface area contributed by atoms with E-state index in [9.17, 15) is 4.79 Å². The summed E-state index contributed by atoms with van der Waals surface area (Å²) in [5.74, 6) is 3.05. The Morgan fingerprint density at radius 1 is 1.13 bits per heavy atom. The fourth-order valence-corrected chi connectivity index (χ4v) is 4.45. The van der Waals surface area contributed by atoms with Crippen molar-refractivity contribution in [3.05, 3.63) is 41.5 Å². The largest absolute Gasteiger partial charge is 0.350 e. The smallest absolute Gasteiger partial charge is 0.244 e. The van der Waals surface area contributed by atoms with Gasteiger partial charge in [-0.3, -0.25) is 4.79 Å². The van der Waals surface area contributed by atoms with Crippen molar-refractivity contribution in [2.24, 2.45) is 17.8 Å². The predicted octanol–water partition coefficient (Wildman–Crippen LogP) is 4.76. The summed E-state index contributed by atoms with van der Waals surface area (Å²) in [6.45, 7) is 6.55. The van der Waals surface area contributed by atoms with Crippen molar-refractivity contribution in [3.8, 4) is 0 Å². The van der Waals surface area contributed by atoms with Crippen molar-refractivity contribution in [3.63, 3.8) is 0 Å². The van der Waals surface area contributed by atoms with Crippen LogP contribution in [-0.2, 0) is 4.79 Å². The molecule has 1 amide bonds. The maximum absolute atomic E-state index is 12.2. The van der Waals surface area contributed by atoms with Crippen LogP contribution in [0.2, 0.25) is 0 Å². The second kappa shape index (κ2) is 6.90. The van der Waals surface area contributed by atoms with Crippen molar-refractivity contribution < 1.29 is 4.79 Å². The summed E-state index contributed by atoms with van der Waals surface area (Å²) < 4.78 is 0. The normalized spacial score (nSPS) is 27.7. The molecule has 0 aromatic heterocycles. The van der Waals surface area contributed by atoms with Gasteiger partial charge in [0.1, 0.15) is 0 Å². The highest BCUT2D eigenvalue weighted by atomic mass is 16.1. The predicted molar refractivity (Wildman–Crippen MR) is 96.1 cm³/mol. The summed E-state index contributed by atoms with van der Waals surface area (Å²) >= 11 is 0. The van der Waals surface area contributed by atoms with E-state index in [1.165, 1.54) is 31.2 Å². The van der Waals surface area contributed by atoms with Gasteiger partial charge in [0, 0.05) is 12.1 Å². The average Bonchev–Trinajstić information content (AvgIpc) is 3.16. The minimum absolute atomic E-state index is 0.0354. The molecular weight excluding hydrogens is 282 g/mol. The van der Waals surface area contributed by atoms with E-state index in [0.29, 0.717) is 17.9 Å². The molecule has 0 radical (unpaired) electrons. The minimum atomic E-state index is 0.0354. The Morgan fingerprint density at radius 3 is 2.43 bits per heavy atom. The van der Waals surface area contributed by atoms with Crippen LogP contribution in [0.3, 0.4) is 0 Å². The maximum Gasteiger partial charge on any atom is 0.244 e. The highest BCUT2D eigenvalue weighted by Gasteiger charge is 2.41. The molecule has 0 saturated heterocycles. The Bertz CT molecular complexity index is 572. The standard InChI is InChI=1S/C21H29NO/c1-14(2)18-8-4-16(5-9-18)7-11-21(23)22-15(3)20-13-17-6-10-19(20)12-17/h4-5,7-9,11,14-15,17,19-20H,6,10,12-13H2,1-3H3,(H,22,23)/b11-7+/t15-,17-,19-,20-/m1/s1. The van der Waals surface area contributed by atoms with Crippen LogP contribution in [0.4, 0.5) is 0 Å². The van der Waals surface area contributed by atoms with Crippen molar-refractivity contribution in [1.82, 2.24) is 5.32 Å². The third kappa shape index (κ3) is 3.85. The van der Waals surface area contributed by atoms with E-state index in [2.05, 4.69) is 50.4 Å². The van der Waals surface area contributed by atoms with E-state index < -0.39 is 0 Å². The van der Waals surface area contributed by atoms with Gasteiger partial charge >= 0.3 is 0 Å². The molecule has 2 heteroatoms. The second-order valence-corrected chi connectivity index (χ2v) is 7.79. The Balaban J connectivity index is 1.52. The van der Waals surface area contributed by atoms with E-state index >= 15 is 0 Å². The lowest BCUT2D eigenvalue weighted by molar-refractivity contribution is -0.117. The van der Waals surface area contributed by atoms with Gasteiger partial charge in [0.05, 0.1) is 0 Å². The molecule has 2 nitrogen and oxygen atoms in total. The number of hydrogen-bond acceptors (Lipinski definition) is 1. The van der Waals surface area contributed by atoms with E-state index in [1.807, 2.05) is 6.08 Å². The molecule has 2 saturated carbocycles. The van der Waals surface area contributed by atoms with E-state index in [-0.39, 0.29) is 5.91 Å². The van der Waals surface area contributed by atoms with Crippen molar-refractivity contribution in [2.45, 2.75) is 58.4 Å². The third-order valence-electron chi connectivity index (χ3n) is 5.84. The number of benzene rings is 1. The second-order valence-electron chi connectivity index (χ2n) is 7.79. The summed E-state index contributed by atoms with van der Waals surface area (Å²) in [4.78, 5) is 12.2. The molecule has 4 atom stereocenters. The van der Waals surface area contributed by atoms with Crippen LogP contribution in [0, 0.1) is 17.8 Å². The molecule has 0 heterocycles. The van der Waals surface area contributed by atoms with Crippen molar-refractivity contribution >= 4 is 12.0 Å². The van der Waals surface area contributed by atoms with Gasteiger partial charge in [0.15, 0.2) is 0 Å². The van der Waals surface area contributed by atoms with Crippen LogP contribution in [0.1, 0.15) is 63.5 Å². The number of carbonyl (C=O) groups excluding carboxylic acids is 1. The fourth-order valence-electron chi connectivity index (χ4n) is 4.45. The number of amides is 1. The first-order valence-corrected chi connectivity index (χ1v) is 9.11. The van der Waals surface area contributed by atoms with Gasteiger partial charge in [-0.15, -0.1) is 0 Å². The van der Waals surface area contributed by atoms with Crippen LogP contribution < -0.4 is 5.32 Å². The van der Waals surface area contributed by atoms with Gasteiger partial charge in [0.2, 0.25) is 5.91 Å². The highest BCUT2D eigenvalue weighted by Crippen LogP contribution is 2.49. The third-order valence-corrected chi connectivity index (χ3v) is 5.84. The van der Waals surface area contributed by atoms with Crippen LogP contribution in [-0.4, -0.2) is 11.9 Å². The fraction of sp³-hybridized carbons (Fsp3) is 0.571. The Kier molecular flexibility index (Phi) is 4.89. The summed E-state index contributed by atoms with van der Waals surface area (Å²) in [5, 5.41) is 3.18. The number of fused-ring (bicyclic) bond motifs is 2. The molecular formula is C21H29NO.